The maximum atomic E-state index is 12.0. The van der Waals surface area contributed by atoms with Crippen LogP contribution in [0.2, 0.25) is 0 Å². The number of sulfonamides is 1. The van der Waals surface area contributed by atoms with E-state index in [-0.39, 0.29) is 0 Å². The van der Waals surface area contributed by atoms with Crippen LogP contribution in [0.1, 0.15) is 27.8 Å². The molecule has 0 unspecified atom stereocenters. The second-order valence-corrected chi connectivity index (χ2v) is 12.1. The first kappa shape index (κ1) is 30.1. The molecule has 0 bridgehead atoms. The van der Waals surface area contributed by atoms with Crippen LogP contribution < -0.4 is 19.1 Å². The van der Waals surface area contributed by atoms with Crippen LogP contribution in [0, 0.1) is 18.3 Å². The van der Waals surface area contributed by atoms with Crippen molar-refractivity contribution in [3.63, 3.8) is 0 Å². The van der Waals surface area contributed by atoms with Crippen molar-refractivity contribution in [3.05, 3.63) is 143 Å². The number of aromatic nitrogens is 1. The SMILES string of the molecule is Cc1c(NS(C)(=O)=O)cccc1N(Cc1ccc(C#N)cc1)Cc1ccc(Oc2cccc(OCc3cccnc3)c2)cc1. The average molecular weight is 605 g/mol. The summed E-state index contributed by atoms with van der Waals surface area (Å²) in [5.41, 5.74) is 5.89. The van der Waals surface area contributed by atoms with Crippen LogP contribution in [0.4, 0.5) is 11.4 Å². The number of hydrogen-bond donors (Lipinski definition) is 1. The molecular formula is C35H32N4O4S. The lowest BCUT2D eigenvalue weighted by Crippen LogP contribution is -2.23. The minimum Gasteiger partial charge on any atom is -0.489 e. The molecule has 0 aliphatic heterocycles. The third-order valence-electron chi connectivity index (χ3n) is 6.86. The molecule has 0 saturated heterocycles. The van der Waals surface area contributed by atoms with Gasteiger partial charge in [-0.05, 0) is 78.2 Å². The highest BCUT2D eigenvalue weighted by Gasteiger charge is 2.15. The number of anilines is 2. The average Bonchev–Trinajstić information content (AvgIpc) is 3.02. The van der Waals surface area contributed by atoms with Crippen molar-refractivity contribution in [2.75, 3.05) is 15.9 Å². The molecule has 0 saturated carbocycles. The van der Waals surface area contributed by atoms with Gasteiger partial charge in [0, 0.05) is 42.8 Å². The summed E-state index contributed by atoms with van der Waals surface area (Å²) in [7, 11) is -3.44. The highest BCUT2D eigenvalue weighted by molar-refractivity contribution is 7.92. The molecule has 5 aromatic rings. The van der Waals surface area contributed by atoms with Gasteiger partial charge >= 0.3 is 0 Å². The van der Waals surface area contributed by atoms with Gasteiger partial charge in [0.2, 0.25) is 10.0 Å². The Balaban J connectivity index is 1.32. The number of pyridine rings is 1. The zero-order chi connectivity index (χ0) is 30.9. The van der Waals surface area contributed by atoms with Crippen LogP contribution in [0.15, 0.2) is 116 Å². The zero-order valence-corrected chi connectivity index (χ0v) is 25.3. The zero-order valence-electron chi connectivity index (χ0n) is 24.5. The van der Waals surface area contributed by atoms with Crippen molar-refractivity contribution in [1.82, 2.24) is 4.98 Å². The van der Waals surface area contributed by atoms with E-state index < -0.39 is 10.0 Å². The van der Waals surface area contributed by atoms with Gasteiger partial charge in [0.25, 0.3) is 0 Å². The lowest BCUT2D eigenvalue weighted by atomic mass is 10.1. The van der Waals surface area contributed by atoms with E-state index in [1.807, 2.05) is 91.9 Å². The van der Waals surface area contributed by atoms with E-state index in [1.54, 1.807) is 30.6 Å². The summed E-state index contributed by atoms with van der Waals surface area (Å²) < 4.78 is 38.6. The van der Waals surface area contributed by atoms with E-state index in [0.717, 1.165) is 34.2 Å². The first-order valence-electron chi connectivity index (χ1n) is 14.0. The molecule has 0 aliphatic rings. The van der Waals surface area contributed by atoms with Crippen LogP contribution in [-0.2, 0) is 29.7 Å². The first-order valence-corrected chi connectivity index (χ1v) is 15.8. The molecule has 1 aromatic heterocycles. The normalized spacial score (nSPS) is 10.9. The minimum absolute atomic E-state index is 0.414. The topological polar surface area (TPSA) is 105 Å². The number of hydrogen-bond acceptors (Lipinski definition) is 7. The van der Waals surface area contributed by atoms with E-state index in [1.165, 1.54) is 0 Å². The summed E-state index contributed by atoms with van der Waals surface area (Å²) in [6.45, 7) is 3.43. The second kappa shape index (κ2) is 13.8. The number of nitriles is 1. The van der Waals surface area contributed by atoms with E-state index in [9.17, 15) is 13.7 Å². The molecule has 0 radical (unpaired) electrons. The van der Waals surface area contributed by atoms with Gasteiger partial charge in [-0.15, -0.1) is 0 Å². The van der Waals surface area contributed by atoms with Gasteiger partial charge in [0.15, 0.2) is 0 Å². The Morgan fingerprint density at radius 3 is 2.16 bits per heavy atom. The standard InChI is InChI=1S/C35H32N4O4S/c1-26-34(38-44(2,40)41)9-4-10-35(26)39(23-28-13-11-27(21-36)12-14-28)24-29-15-17-31(18-16-29)43-33-8-3-7-32(20-33)42-25-30-6-5-19-37-22-30/h3-20,22,38H,23-25H2,1-2H3. The smallest absolute Gasteiger partial charge is 0.229 e. The molecule has 9 heteroatoms. The molecule has 0 aliphatic carbocycles. The summed E-state index contributed by atoms with van der Waals surface area (Å²) >= 11 is 0. The summed E-state index contributed by atoms with van der Waals surface area (Å²) in [6, 6.07) is 34.4. The highest BCUT2D eigenvalue weighted by atomic mass is 32.2. The van der Waals surface area contributed by atoms with Crippen molar-refractivity contribution < 1.29 is 17.9 Å². The molecule has 1 heterocycles. The van der Waals surface area contributed by atoms with Gasteiger partial charge in [0.05, 0.1) is 23.6 Å². The van der Waals surface area contributed by atoms with Crippen LogP contribution in [0.25, 0.3) is 0 Å². The molecule has 0 fully saturated rings. The summed E-state index contributed by atoms with van der Waals surface area (Å²) in [6.07, 6.45) is 4.65. The Kier molecular flexibility index (Phi) is 9.43. The number of nitrogens with one attached hydrogen (secondary N) is 1. The third-order valence-corrected chi connectivity index (χ3v) is 7.45. The maximum absolute atomic E-state index is 12.0. The molecule has 5 rings (SSSR count). The van der Waals surface area contributed by atoms with E-state index >= 15 is 0 Å². The first-order chi connectivity index (χ1) is 21.3. The van der Waals surface area contributed by atoms with Gasteiger partial charge in [-0.3, -0.25) is 9.71 Å². The highest BCUT2D eigenvalue weighted by Crippen LogP contribution is 2.31. The lowest BCUT2D eigenvalue weighted by molar-refractivity contribution is 0.304. The van der Waals surface area contributed by atoms with Crippen molar-refractivity contribution in [2.24, 2.45) is 0 Å². The van der Waals surface area contributed by atoms with Crippen LogP contribution in [-0.4, -0.2) is 19.7 Å². The molecule has 1 N–H and O–H groups in total. The molecule has 8 nitrogen and oxygen atoms in total. The van der Waals surface area contributed by atoms with Gasteiger partial charge in [0.1, 0.15) is 23.9 Å². The molecule has 44 heavy (non-hydrogen) atoms. The van der Waals surface area contributed by atoms with E-state index in [0.29, 0.717) is 48.2 Å². The number of rotatable bonds is 12. The Hall–Kier alpha value is -5.33. The maximum Gasteiger partial charge on any atom is 0.229 e. The van der Waals surface area contributed by atoms with Gasteiger partial charge < -0.3 is 14.4 Å². The Labute approximate surface area is 258 Å². The van der Waals surface area contributed by atoms with Crippen molar-refractivity contribution >= 4 is 21.4 Å². The van der Waals surface area contributed by atoms with Gasteiger partial charge in [-0.2, -0.15) is 5.26 Å². The molecule has 222 valence electrons. The quantitative estimate of drug-likeness (QED) is 0.160. The Morgan fingerprint density at radius 1 is 0.818 bits per heavy atom. The lowest BCUT2D eigenvalue weighted by Gasteiger charge is -2.28. The van der Waals surface area contributed by atoms with Gasteiger partial charge in [-0.25, -0.2) is 8.42 Å². The molecule has 4 aromatic carbocycles. The van der Waals surface area contributed by atoms with Crippen LogP contribution in [0.5, 0.6) is 17.2 Å². The Morgan fingerprint density at radius 2 is 1.50 bits per heavy atom. The van der Waals surface area contributed by atoms with Crippen LogP contribution in [0.3, 0.4) is 0 Å². The van der Waals surface area contributed by atoms with Crippen molar-refractivity contribution in [2.45, 2.75) is 26.6 Å². The van der Waals surface area contributed by atoms with E-state index in [2.05, 4.69) is 20.7 Å². The number of benzene rings is 4. The summed E-state index contributed by atoms with van der Waals surface area (Å²) in [5.74, 6) is 2.05. The monoisotopic (exact) mass is 604 g/mol. The van der Waals surface area contributed by atoms with E-state index in [4.69, 9.17) is 9.47 Å². The molecule has 0 amide bonds. The molecule has 0 atom stereocenters. The molecular weight excluding hydrogens is 572 g/mol. The summed E-state index contributed by atoms with van der Waals surface area (Å²) in [4.78, 5) is 6.30. The van der Waals surface area contributed by atoms with Crippen molar-refractivity contribution in [1.29, 1.82) is 5.26 Å². The predicted octanol–water partition coefficient (Wildman–Crippen LogP) is 7.21. The van der Waals surface area contributed by atoms with Crippen LogP contribution >= 0.6 is 0 Å². The second-order valence-electron chi connectivity index (χ2n) is 10.4. The predicted molar refractivity (Wildman–Crippen MR) is 172 cm³/mol. The fourth-order valence-corrected chi connectivity index (χ4v) is 5.33. The fraction of sp³-hybridized carbons (Fsp3) is 0.143. The Bertz CT molecular complexity index is 1850. The third kappa shape index (κ3) is 8.37. The number of ether oxygens (including phenoxy) is 2. The molecule has 0 spiro atoms. The number of nitrogens with zero attached hydrogens (tertiary/aromatic N) is 3. The summed E-state index contributed by atoms with van der Waals surface area (Å²) in [5, 5.41) is 9.20. The minimum atomic E-state index is -3.44. The van der Waals surface area contributed by atoms with Crippen molar-refractivity contribution in [3.8, 4) is 23.3 Å². The largest absolute Gasteiger partial charge is 0.489 e. The van der Waals surface area contributed by atoms with Gasteiger partial charge in [-0.1, -0.05) is 42.5 Å². The fourth-order valence-electron chi connectivity index (χ4n) is 4.70.